The average molecular weight is 333 g/mol. The van der Waals surface area contributed by atoms with Gasteiger partial charge in [0.15, 0.2) is 0 Å². The molecular formula is C17H14F3N3O. The first kappa shape index (κ1) is 15.0. The zero-order valence-corrected chi connectivity index (χ0v) is 12.6. The Morgan fingerprint density at radius 3 is 2.83 bits per heavy atom. The fourth-order valence-corrected chi connectivity index (χ4v) is 3.70. The van der Waals surface area contributed by atoms with Crippen LogP contribution in [0.1, 0.15) is 30.0 Å². The summed E-state index contributed by atoms with van der Waals surface area (Å²) in [6.45, 7) is 0. The summed E-state index contributed by atoms with van der Waals surface area (Å²) < 4.78 is 40.6. The van der Waals surface area contributed by atoms with Gasteiger partial charge in [0.25, 0.3) is 0 Å². The average Bonchev–Trinajstić information content (AvgIpc) is 2.86. The lowest BCUT2D eigenvalue weighted by Crippen LogP contribution is -2.44. The Hall–Kier alpha value is -2.57. The predicted octanol–water partition coefficient (Wildman–Crippen LogP) is 3.79. The first-order chi connectivity index (χ1) is 11.5. The van der Waals surface area contributed by atoms with Gasteiger partial charge in [0.05, 0.1) is 11.7 Å². The molecule has 0 aliphatic carbocycles. The van der Waals surface area contributed by atoms with Crippen molar-refractivity contribution in [3.8, 4) is 0 Å². The molecule has 2 atom stereocenters. The Morgan fingerprint density at radius 1 is 1.21 bits per heavy atom. The van der Waals surface area contributed by atoms with Gasteiger partial charge in [0.2, 0.25) is 5.95 Å². The van der Waals surface area contributed by atoms with Gasteiger partial charge in [-0.3, -0.25) is 0 Å². The van der Waals surface area contributed by atoms with E-state index >= 15 is 0 Å². The number of rotatable bonds is 1. The third-order valence-corrected chi connectivity index (χ3v) is 4.75. The highest BCUT2D eigenvalue weighted by Gasteiger charge is 2.43. The summed E-state index contributed by atoms with van der Waals surface area (Å²) in [7, 11) is 0. The number of amides is 2. The Labute approximate surface area is 136 Å². The molecule has 1 aromatic carbocycles. The van der Waals surface area contributed by atoms with Crippen LogP contribution in [0.2, 0.25) is 0 Å². The van der Waals surface area contributed by atoms with Crippen LogP contribution in [0.5, 0.6) is 0 Å². The van der Waals surface area contributed by atoms with Crippen LogP contribution in [0, 0.1) is 17.6 Å². The van der Waals surface area contributed by atoms with E-state index < -0.39 is 23.6 Å². The molecule has 2 aliphatic rings. The molecule has 1 fully saturated rings. The van der Waals surface area contributed by atoms with Crippen molar-refractivity contribution in [3.05, 3.63) is 59.2 Å². The van der Waals surface area contributed by atoms with Crippen molar-refractivity contribution in [1.29, 1.82) is 0 Å². The second-order valence-electron chi connectivity index (χ2n) is 6.08. The highest BCUT2D eigenvalue weighted by Crippen LogP contribution is 2.44. The number of nitrogens with zero attached hydrogens (tertiary/aromatic N) is 2. The molecule has 1 N–H and O–H groups in total. The molecule has 2 aliphatic heterocycles. The number of urea groups is 1. The van der Waals surface area contributed by atoms with Gasteiger partial charge in [0, 0.05) is 23.9 Å². The third kappa shape index (κ3) is 2.31. The molecule has 2 bridgehead atoms. The predicted molar refractivity (Wildman–Crippen MR) is 80.9 cm³/mol. The number of hydrogen-bond acceptors (Lipinski definition) is 2. The minimum atomic E-state index is -0.830. The SMILES string of the molecule is O=C(Nc1ccc(F)cc1F)N1[C@H]2CC[C@@H]1c1ccnc(F)c1C2. The minimum Gasteiger partial charge on any atom is -0.314 e. The highest BCUT2D eigenvalue weighted by atomic mass is 19.1. The van der Waals surface area contributed by atoms with Gasteiger partial charge in [-0.2, -0.15) is 4.39 Å². The molecule has 2 aromatic rings. The summed E-state index contributed by atoms with van der Waals surface area (Å²) in [5, 5.41) is 2.49. The van der Waals surface area contributed by atoms with Gasteiger partial charge in [-0.05, 0) is 43.0 Å². The van der Waals surface area contributed by atoms with Crippen molar-refractivity contribution in [3.63, 3.8) is 0 Å². The fraction of sp³-hybridized carbons (Fsp3) is 0.294. The normalized spacial score (nSPS) is 21.5. The van der Waals surface area contributed by atoms with E-state index in [1.54, 1.807) is 11.0 Å². The van der Waals surface area contributed by atoms with Gasteiger partial charge in [0.1, 0.15) is 11.6 Å². The van der Waals surface area contributed by atoms with Gasteiger partial charge in [-0.15, -0.1) is 0 Å². The summed E-state index contributed by atoms with van der Waals surface area (Å²) in [6, 6.07) is 3.85. The summed E-state index contributed by atoms with van der Waals surface area (Å²) in [5.74, 6) is -2.03. The molecule has 4 nitrogen and oxygen atoms in total. The number of fused-ring (bicyclic) bond motifs is 4. The van der Waals surface area contributed by atoms with E-state index in [1.807, 2.05) is 0 Å². The standard InChI is InChI=1S/C17H14F3N3O/c18-9-1-3-14(13(19)7-9)22-17(24)23-10-2-4-15(23)11-5-6-21-16(20)12(11)8-10/h1,3,5-7,10,15H,2,4,8H2,(H,22,24)/t10-,15+/m0/s1. The molecule has 0 spiro atoms. The van der Waals surface area contributed by atoms with Crippen LogP contribution in [-0.2, 0) is 6.42 Å². The van der Waals surface area contributed by atoms with Gasteiger partial charge < -0.3 is 10.2 Å². The third-order valence-electron chi connectivity index (χ3n) is 4.75. The number of nitrogens with one attached hydrogen (secondary N) is 1. The van der Waals surface area contributed by atoms with Crippen molar-refractivity contribution < 1.29 is 18.0 Å². The summed E-state index contributed by atoms with van der Waals surface area (Å²) in [4.78, 5) is 17.9. The van der Waals surface area contributed by atoms with Gasteiger partial charge in [-0.25, -0.2) is 18.6 Å². The van der Waals surface area contributed by atoms with E-state index in [0.717, 1.165) is 30.5 Å². The lowest BCUT2D eigenvalue weighted by molar-refractivity contribution is 0.178. The Morgan fingerprint density at radius 2 is 2.04 bits per heavy atom. The lowest BCUT2D eigenvalue weighted by atomic mass is 9.95. The van der Waals surface area contributed by atoms with Crippen LogP contribution in [0.3, 0.4) is 0 Å². The number of aromatic nitrogens is 1. The van der Waals surface area contributed by atoms with Crippen LogP contribution >= 0.6 is 0 Å². The van der Waals surface area contributed by atoms with E-state index in [2.05, 4.69) is 10.3 Å². The summed E-state index contributed by atoms with van der Waals surface area (Å²) in [5.41, 5.74) is 1.24. The van der Waals surface area contributed by atoms with Crippen LogP contribution < -0.4 is 5.32 Å². The molecular weight excluding hydrogens is 319 g/mol. The quantitative estimate of drug-likeness (QED) is 0.807. The number of hydrogen-bond donors (Lipinski definition) is 1. The van der Waals surface area contributed by atoms with E-state index in [-0.39, 0.29) is 17.8 Å². The second kappa shape index (κ2) is 5.51. The topological polar surface area (TPSA) is 45.2 Å². The Kier molecular flexibility index (Phi) is 3.44. The number of anilines is 1. The summed E-state index contributed by atoms with van der Waals surface area (Å²) in [6.07, 6.45) is 3.26. The molecule has 2 amide bonds. The lowest BCUT2D eigenvalue weighted by Gasteiger charge is -2.36. The van der Waals surface area contributed by atoms with Gasteiger partial charge in [-0.1, -0.05) is 0 Å². The smallest absolute Gasteiger partial charge is 0.314 e. The van der Waals surface area contributed by atoms with E-state index in [1.165, 1.54) is 12.3 Å². The van der Waals surface area contributed by atoms with Crippen molar-refractivity contribution in [2.45, 2.75) is 31.3 Å². The second-order valence-corrected chi connectivity index (χ2v) is 6.08. The maximum absolute atomic E-state index is 13.9. The van der Waals surface area contributed by atoms with Crippen LogP contribution in [0.4, 0.5) is 23.7 Å². The first-order valence-electron chi connectivity index (χ1n) is 7.72. The maximum Gasteiger partial charge on any atom is 0.322 e. The molecule has 1 aromatic heterocycles. The zero-order chi connectivity index (χ0) is 16.8. The maximum atomic E-state index is 13.9. The van der Waals surface area contributed by atoms with Crippen molar-refractivity contribution in [2.24, 2.45) is 0 Å². The van der Waals surface area contributed by atoms with Gasteiger partial charge >= 0.3 is 6.03 Å². The molecule has 3 heterocycles. The number of carbonyl (C=O) groups is 1. The molecule has 1 saturated heterocycles. The van der Waals surface area contributed by atoms with Crippen molar-refractivity contribution >= 4 is 11.7 Å². The molecule has 4 rings (SSSR count). The fourth-order valence-electron chi connectivity index (χ4n) is 3.70. The first-order valence-corrected chi connectivity index (χ1v) is 7.72. The van der Waals surface area contributed by atoms with Crippen molar-refractivity contribution in [2.75, 3.05) is 5.32 Å². The Bertz CT molecular complexity index is 827. The highest BCUT2D eigenvalue weighted by molar-refractivity contribution is 5.90. The number of carbonyl (C=O) groups excluding carboxylic acids is 1. The number of benzene rings is 1. The molecule has 124 valence electrons. The molecule has 7 heteroatoms. The largest absolute Gasteiger partial charge is 0.322 e. The monoisotopic (exact) mass is 333 g/mol. The molecule has 0 radical (unpaired) electrons. The zero-order valence-electron chi connectivity index (χ0n) is 12.6. The minimum absolute atomic E-state index is 0.0764. The molecule has 24 heavy (non-hydrogen) atoms. The molecule has 0 saturated carbocycles. The van der Waals surface area contributed by atoms with E-state index in [0.29, 0.717) is 12.0 Å². The molecule has 0 unspecified atom stereocenters. The van der Waals surface area contributed by atoms with Crippen LogP contribution in [-0.4, -0.2) is 22.0 Å². The van der Waals surface area contributed by atoms with Crippen LogP contribution in [0.15, 0.2) is 30.5 Å². The number of pyridine rings is 1. The van der Waals surface area contributed by atoms with Crippen molar-refractivity contribution in [1.82, 2.24) is 9.88 Å². The number of halogens is 3. The van der Waals surface area contributed by atoms with E-state index in [4.69, 9.17) is 0 Å². The van der Waals surface area contributed by atoms with Crippen LogP contribution in [0.25, 0.3) is 0 Å². The summed E-state index contributed by atoms with van der Waals surface area (Å²) >= 11 is 0. The van der Waals surface area contributed by atoms with E-state index in [9.17, 15) is 18.0 Å². The Balaban J connectivity index is 1.62.